The maximum absolute atomic E-state index is 11.0. The van der Waals surface area contributed by atoms with Crippen LogP contribution >= 0.6 is 0 Å². The van der Waals surface area contributed by atoms with Crippen molar-refractivity contribution in [1.82, 2.24) is 0 Å². The number of hydrogen-bond donors (Lipinski definition) is 1. The molecule has 0 aromatic heterocycles. The van der Waals surface area contributed by atoms with Crippen LogP contribution in [0.4, 0.5) is 0 Å². The zero-order chi connectivity index (χ0) is 12.5. The number of carboxylic acid groups (broad SMARTS) is 1. The fourth-order valence-corrected chi connectivity index (χ4v) is 2.84. The largest absolute Gasteiger partial charge is 0.496 e. The molecule has 0 radical (unpaired) electrons. The number of benzene rings is 1. The van der Waals surface area contributed by atoms with Gasteiger partial charge < -0.3 is 9.84 Å². The van der Waals surface area contributed by atoms with Crippen molar-refractivity contribution in [2.24, 2.45) is 0 Å². The maximum Gasteiger partial charge on any atom is 0.304 e. The smallest absolute Gasteiger partial charge is 0.304 e. The molecule has 2 rings (SSSR count). The Kier molecular flexibility index (Phi) is 3.09. The minimum Gasteiger partial charge on any atom is -0.496 e. The van der Waals surface area contributed by atoms with Gasteiger partial charge in [0, 0.05) is 5.41 Å². The average molecular weight is 234 g/mol. The Morgan fingerprint density at radius 1 is 1.47 bits per heavy atom. The van der Waals surface area contributed by atoms with E-state index < -0.39 is 5.97 Å². The molecule has 1 aliphatic carbocycles. The summed E-state index contributed by atoms with van der Waals surface area (Å²) in [5, 5.41) is 9.06. The van der Waals surface area contributed by atoms with Crippen molar-refractivity contribution < 1.29 is 14.6 Å². The predicted octanol–water partition coefficient (Wildman–Crippen LogP) is 2.90. The van der Waals surface area contributed by atoms with Crippen LogP contribution < -0.4 is 4.74 Å². The molecule has 0 bridgehead atoms. The van der Waals surface area contributed by atoms with E-state index >= 15 is 0 Å². The average Bonchev–Trinajstić information content (AvgIpc) is 2.24. The molecule has 92 valence electrons. The van der Waals surface area contributed by atoms with Gasteiger partial charge in [-0.1, -0.05) is 18.6 Å². The van der Waals surface area contributed by atoms with Gasteiger partial charge in [0.1, 0.15) is 5.75 Å². The van der Waals surface area contributed by atoms with Gasteiger partial charge in [0.25, 0.3) is 0 Å². The zero-order valence-corrected chi connectivity index (χ0v) is 10.3. The number of methoxy groups -OCH3 is 1. The van der Waals surface area contributed by atoms with E-state index in [-0.39, 0.29) is 11.8 Å². The zero-order valence-electron chi connectivity index (χ0n) is 10.3. The van der Waals surface area contributed by atoms with Crippen molar-refractivity contribution in [3.63, 3.8) is 0 Å². The molecule has 3 nitrogen and oxygen atoms in total. The first kappa shape index (κ1) is 12.0. The number of carbonyl (C=O) groups is 1. The van der Waals surface area contributed by atoms with E-state index in [1.807, 2.05) is 25.1 Å². The summed E-state index contributed by atoms with van der Waals surface area (Å²) in [4.78, 5) is 11.0. The topological polar surface area (TPSA) is 46.5 Å². The van der Waals surface area contributed by atoms with Crippen LogP contribution in [0.1, 0.15) is 36.8 Å². The quantitative estimate of drug-likeness (QED) is 0.871. The summed E-state index contributed by atoms with van der Waals surface area (Å²) in [6, 6.07) is 5.91. The molecule has 3 heteroatoms. The Morgan fingerprint density at radius 3 is 2.65 bits per heavy atom. The van der Waals surface area contributed by atoms with E-state index in [1.165, 1.54) is 0 Å². The summed E-state index contributed by atoms with van der Waals surface area (Å²) in [5.41, 5.74) is 2.06. The van der Waals surface area contributed by atoms with Crippen molar-refractivity contribution in [3.8, 4) is 5.75 Å². The van der Waals surface area contributed by atoms with E-state index in [1.54, 1.807) is 7.11 Å². The third kappa shape index (κ3) is 2.02. The third-order valence-corrected chi connectivity index (χ3v) is 3.88. The molecule has 0 amide bonds. The molecule has 0 atom stereocenters. The lowest BCUT2D eigenvalue weighted by Crippen LogP contribution is -2.37. The first-order valence-corrected chi connectivity index (χ1v) is 5.95. The van der Waals surface area contributed by atoms with Crippen LogP contribution in [-0.2, 0) is 10.2 Å². The van der Waals surface area contributed by atoms with Gasteiger partial charge in [-0.15, -0.1) is 0 Å². The molecule has 0 spiro atoms. The number of ether oxygens (including phenoxy) is 1. The second-order valence-corrected chi connectivity index (χ2v) is 4.84. The Labute approximate surface area is 101 Å². The summed E-state index contributed by atoms with van der Waals surface area (Å²) >= 11 is 0. The highest BCUT2D eigenvalue weighted by Crippen LogP contribution is 2.48. The van der Waals surface area contributed by atoms with Crippen molar-refractivity contribution in [2.75, 3.05) is 7.11 Å². The molecule has 0 aliphatic heterocycles. The van der Waals surface area contributed by atoms with Crippen molar-refractivity contribution in [1.29, 1.82) is 0 Å². The van der Waals surface area contributed by atoms with Crippen molar-refractivity contribution >= 4 is 5.97 Å². The first-order valence-electron chi connectivity index (χ1n) is 5.95. The molecular weight excluding hydrogens is 216 g/mol. The lowest BCUT2D eigenvalue weighted by molar-refractivity contribution is -0.139. The molecule has 1 aliphatic rings. The molecule has 1 aromatic rings. The number of aliphatic carboxylic acids is 1. The van der Waals surface area contributed by atoms with E-state index in [0.717, 1.165) is 36.1 Å². The third-order valence-electron chi connectivity index (χ3n) is 3.88. The second-order valence-electron chi connectivity index (χ2n) is 4.84. The van der Waals surface area contributed by atoms with Gasteiger partial charge in [-0.3, -0.25) is 4.79 Å². The van der Waals surface area contributed by atoms with Crippen LogP contribution in [0.15, 0.2) is 18.2 Å². The van der Waals surface area contributed by atoms with E-state index in [0.29, 0.717) is 0 Å². The normalized spacial score (nSPS) is 17.3. The van der Waals surface area contributed by atoms with Crippen LogP contribution in [-0.4, -0.2) is 18.2 Å². The van der Waals surface area contributed by atoms with Gasteiger partial charge in [0.05, 0.1) is 13.5 Å². The molecule has 0 saturated heterocycles. The minimum atomic E-state index is -0.716. The summed E-state index contributed by atoms with van der Waals surface area (Å²) in [6.45, 7) is 2.01. The molecular formula is C14H18O3. The summed E-state index contributed by atoms with van der Waals surface area (Å²) in [7, 11) is 1.65. The van der Waals surface area contributed by atoms with Crippen LogP contribution in [0.5, 0.6) is 5.75 Å². The van der Waals surface area contributed by atoms with Gasteiger partial charge in [-0.25, -0.2) is 0 Å². The van der Waals surface area contributed by atoms with E-state index in [9.17, 15) is 4.79 Å². The maximum atomic E-state index is 11.0. The SMILES string of the molecule is COc1cccc(C2(CC(=O)O)CCC2)c1C. The van der Waals surface area contributed by atoms with Gasteiger partial charge in [0.15, 0.2) is 0 Å². The molecule has 1 saturated carbocycles. The fraction of sp³-hybridized carbons (Fsp3) is 0.500. The monoisotopic (exact) mass is 234 g/mol. The molecule has 0 heterocycles. The highest BCUT2D eigenvalue weighted by atomic mass is 16.5. The van der Waals surface area contributed by atoms with Gasteiger partial charge in [0.2, 0.25) is 0 Å². The lowest BCUT2D eigenvalue weighted by Gasteiger charge is -2.42. The Morgan fingerprint density at radius 2 is 2.18 bits per heavy atom. The summed E-state index contributed by atoms with van der Waals surface area (Å²) < 4.78 is 5.31. The second kappa shape index (κ2) is 4.40. The molecule has 1 N–H and O–H groups in total. The van der Waals surface area contributed by atoms with Crippen molar-refractivity contribution in [3.05, 3.63) is 29.3 Å². The number of carboxylic acids is 1. The predicted molar refractivity (Wildman–Crippen MR) is 65.5 cm³/mol. The lowest BCUT2D eigenvalue weighted by atomic mass is 9.61. The van der Waals surface area contributed by atoms with Gasteiger partial charge in [-0.2, -0.15) is 0 Å². The van der Waals surface area contributed by atoms with E-state index in [4.69, 9.17) is 9.84 Å². The molecule has 1 fully saturated rings. The standard InChI is InChI=1S/C14H18O3/c1-10-11(5-3-6-12(10)17-2)14(7-4-8-14)9-13(15)16/h3,5-6H,4,7-9H2,1-2H3,(H,15,16). The van der Waals surface area contributed by atoms with E-state index in [2.05, 4.69) is 0 Å². The molecule has 17 heavy (non-hydrogen) atoms. The number of rotatable bonds is 4. The fourth-order valence-electron chi connectivity index (χ4n) is 2.84. The molecule has 0 unspecified atom stereocenters. The molecule has 1 aromatic carbocycles. The van der Waals surface area contributed by atoms with Gasteiger partial charge in [-0.05, 0) is 37.0 Å². The van der Waals surface area contributed by atoms with Crippen LogP contribution in [0, 0.1) is 6.92 Å². The van der Waals surface area contributed by atoms with Crippen molar-refractivity contribution in [2.45, 2.75) is 38.0 Å². The Bertz CT molecular complexity index is 433. The summed E-state index contributed by atoms with van der Waals surface area (Å²) in [5.74, 6) is 0.131. The van der Waals surface area contributed by atoms with Crippen LogP contribution in [0.2, 0.25) is 0 Å². The number of hydrogen-bond acceptors (Lipinski definition) is 2. The van der Waals surface area contributed by atoms with Crippen LogP contribution in [0.3, 0.4) is 0 Å². The highest BCUT2D eigenvalue weighted by molar-refractivity contribution is 5.70. The highest BCUT2D eigenvalue weighted by Gasteiger charge is 2.41. The summed E-state index contributed by atoms with van der Waals surface area (Å²) in [6.07, 6.45) is 3.27. The minimum absolute atomic E-state index is 0.162. The van der Waals surface area contributed by atoms with Gasteiger partial charge >= 0.3 is 5.97 Å². The Balaban J connectivity index is 2.40. The Hall–Kier alpha value is -1.51. The van der Waals surface area contributed by atoms with Crippen LogP contribution in [0.25, 0.3) is 0 Å². The first-order chi connectivity index (χ1) is 8.09.